The summed E-state index contributed by atoms with van der Waals surface area (Å²) in [6.45, 7) is 3.72. The smallest absolute Gasteiger partial charge is 0.264 e. The molecule has 0 radical (unpaired) electrons. The second-order valence-electron chi connectivity index (χ2n) is 10.8. The van der Waals surface area contributed by atoms with Crippen LogP contribution in [0.25, 0.3) is 0 Å². The van der Waals surface area contributed by atoms with Crippen LogP contribution in [-0.2, 0) is 32.6 Å². The Hall–Kier alpha value is -5.03. The molecule has 4 aromatic carbocycles. The van der Waals surface area contributed by atoms with Gasteiger partial charge in [0.1, 0.15) is 18.3 Å². The molecule has 0 heterocycles. The molecule has 0 spiro atoms. The number of aryl methyl sites for hydroxylation is 1. The summed E-state index contributed by atoms with van der Waals surface area (Å²) in [6, 6.07) is 26.8. The van der Waals surface area contributed by atoms with Crippen molar-refractivity contribution in [2.45, 2.75) is 37.8 Å². The lowest BCUT2D eigenvalue weighted by atomic mass is 10.0. The van der Waals surface area contributed by atoms with Crippen LogP contribution in [0.3, 0.4) is 0 Å². The number of ether oxygens (including phenoxy) is 3. The van der Waals surface area contributed by atoms with E-state index in [4.69, 9.17) is 14.2 Å². The SMILES string of the molecule is CCOc1ccc(N(CC(=O)N(Cc2cccc(C)c2)C(Cc2ccccc2)C(=O)NC)S(=O)(=O)c2ccc(OC)c(OC)c2)cc1. The molecule has 0 fully saturated rings. The van der Waals surface area contributed by atoms with Gasteiger partial charge in [0, 0.05) is 26.1 Å². The number of benzene rings is 4. The molecule has 2 amide bonds. The van der Waals surface area contributed by atoms with Crippen LogP contribution in [0.1, 0.15) is 23.6 Å². The monoisotopic (exact) mass is 659 g/mol. The third-order valence-electron chi connectivity index (χ3n) is 7.61. The van der Waals surface area contributed by atoms with E-state index in [2.05, 4.69) is 5.32 Å². The molecule has 1 unspecified atom stereocenters. The van der Waals surface area contributed by atoms with E-state index in [1.165, 1.54) is 44.4 Å². The third kappa shape index (κ3) is 8.62. The van der Waals surface area contributed by atoms with Gasteiger partial charge in [0.2, 0.25) is 11.8 Å². The Morgan fingerprint density at radius 3 is 2.13 bits per heavy atom. The van der Waals surface area contributed by atoms with Crippen molar-refractivity contribution in [2.75, 3.05) is 38.7 Å². The van der Waals surface area contributed by atoms with Crippen LogP contribution in [0.15, 0.2) is 102 Å². The van der Waals surface area contributed by atoms with E-state index >= 15 is 0 Å². The van der Waals surface area contributed by atoms with E-state index in [-0.39, 0.29) is 35.2 Å². The maximum absolute atomic E-state index is 14.5. The summed E-state index contributed by atoms with van der Waals surface area (Å²) < 4.78 is 46.0. The molecule has 0 aliphatic heterocycles. The van der Waals surface area contributed by atoms with Gasteiger partial charge in [0.25, 0.3) is 10.0 Å². The number of likely N-dealkylation sites (N-methyl/N-ethyl adjacent to an activating group) is 1. The third-order valence-corrected chi connectivity index (χ3v) is 9.38. The van der Waals surface area contributed by atoms with E-state index < -0.39 is 28.5 Å². The maximum Gasteiger partial charge on any atom is 0.264 e. The van der Waals surface area contributed by atoms with Gasteiger partial charge in [-0.2, -0.15) is 0 Å². The van der Waals surface area contributed by atoms with E-state index in [0.717, 1.165) is 21.0 Å². The molecule has 4 aromatic rings. The number of hydrogen-bond acceptors (Lipinski definition) is 7. The Morgan fingerprint density at radius 1 is 0.830 bits per heavy atom. The Labute approximate surface area is 276 Å². The van der Waals surface area contributed by atoms with E-state index in [1.54, 1.807) is 24.3 Å². The summed E-state index contributed by atoms with van der Waals surface area (Å²) in [6.07, 6.45) is 0.226. The lowest BCUT2D eigenvalue weighted by Gasteiger charge is -2.33. The molecule has 0 saturated carbocycles. The standard InChI is InChI=1S/C36H41N3O7S/c1-6-46-30-17-15-29(16-18-30)39(47(42,43)31-19-20-33(44-4)34(23-31)45-5)25-35(40)38(24-28-14-10-11-26(2)21-28)32(36(41)37-3)22-27-12-8-7-9-13-27/h7-21,23,32H,6,22,24-25H2,1-5H3,(H,37,41). The largest absolute Gasteiger partial charge is 0.494 e. The zero-order chi connectivity index (χ0) is 34.0. The van der Waals surface area contributed by atoms with Crippen molar-refractivity contribution in [1.29, 1.82) is 0 Å². The minimum Gasteiger partial charge on any atom is -0.494 e. The minimum atomic E-state index is -4.35. The van der Waals surface area contributed by atoms with Crippen molar-refractivity contribution in [2.24, 2.45) is 0 Å². The number of rotatable bonds is 15. The second kappa shape index (κ2) is 16.0. The van der Waals surface area contributed by atoms with Gasteiger partial charge in [-0.25, -0.2) is 8.42 Å². The van der Waals surface area contributed by atoms with Gasteiger partial charge in [-0.3, -0.25) is 13.9 Å². The molecule has 248 valence electrons. The predicted octanol–water partition coefficient (Wildman–Crippen LogP) is 4.99. The fraction of sp³-hybridized carbons (Fsp3) is 0.278. The van der Waals surface area contributed by atoms with Crippen molar-refractivity contribution in [3.63, 3.8) is 0 Å². The summed E-state index contributed by atoms with van der Waals surface area (Å²) >= 11 is 0. The van der Waals surface area contributed by atoms with Crippen LogP contribution < -0.4 is 23.8 Å². The zero-order valence-corrected chi connectivity index (χ0v) is 28.1. The topological polar surface area (TPSA) is 114 Å². The number of anilines is 1. The predicted molar refractivity (Wildman–Crippen MR) is 181 cm³/mol. The molecule has 10 nitrogen and oxygen atoms in total. The maximum atomic E-state index is 14.5. The highest BCUT2D eigenvalue weighted by Crippen LogP contribution is 2.33. The average molecular weight is 660 g/mol. The number of carbonyl (C=O) groups excluding carboxylic acids is 2. The number of nitrogens with zero attached hydrogens (tertiary/aromatic N) is 2. The van der Waals surface area contributed by atoms with Gasteiger partial charge >= 0.3 is 0 Å². The van der Waals surface area contributed by atoms with Crippen LogP contribution >= 0.6 is 0 Å². The van der Waals surface area contributed by atoms with E-state index in [9.17, 15) is 18.0 Å². The van der Waals surface area contributed by atoms with Crippen LogP contribution in [-0.4, -0.2) is 65.6 Å². The molecule has 1 N–H and O–H groups in total. The molecule has 0 aliphatic carbocycles. The Morgan fingerprint density at radius 2 is 1.51 bits per heavy atom. The van der Waals surface area contributed by atoms with E-state index in [0.29, 0.717) is 18.1 Å². The Balaban J connectivity index is 1.82. The Kier molecular flexibility index (Phi) is 11.9. The van der Waals surface area contributed by atoms with Crippen molar-refractivity contribution < 1.29 is 32.2 Å². The number of sulfonamides is 1. The van der Waals surface area contributed by atoms with Gasteiger partial charge in [-0.15, -0.1) is 0 Å². The number of methoxy groups -OCH3 is 2. The first-order valence-corrected chi connectivity index (χ1v) is 16.6. The fourth-order valence-corrected chi connectivity index (χ4v) is 6.67. The quantitative estimate of drug-likeness (QED) is 0.191. The van der Waals surface area contributed by atoms with Gasteiger partial charge in [0.05, 0.1) is 31.4 Å². The minimum absolute atomic E-state index is 0.0823. The molecule has 0 saturated heterocycles. The molecule has 0 aromatic heterocycles. The van der Waals surface area contributed by atoms with Crippen molar-refractivity contribution in [3.05, 3.63) is 114 Å². The molecule has 4 rings (SSSR count). The molecular weight excluding hydrogens is 618 g/mol. The molecule has 1 atom stereocenters. The first kappa shape index (κ1) is 34.8. The molecule has 11 heteroatoms. The Bertz CT molecular complexity index is 1760. The highest BCUT2D eigenvalue weighted by atomic mass is 32.2. The molecular formula is C36H41N3O7S. The normalized spacial score (nSPS) is 11.7. The van der Waals surface area contributed by atoms with E-state index in [1.807, 2.05) is 68.4 Å². The summed E-state index contributed by atoms with van der Waals surface area (Å²) in [7, 11) is 0.0407. The van der Waals surface area contributed by atoms with Crippen LogP contribution in [0, 0.1) is 6.92 Å². The van der Waals surface area contributed by atoms with Crippen LogP contribution in [0.2, 0.25) is 0 Å². The number of hydrogen-bond donors (Lipinski definition) is 1. The number of amides is 2. The number of nitrogens with one attached hydrogen (secondary N) is 1. The molecule has 0 aliphatic rings. The van der Waals surface area contributed by atoms with Crippen LogP contribution in [0.4, 0.5) is 5.69 Å². The van der Waals surface area contributed by atoms with Crippen molar-refractivity contribution >= 4 is 27.5 Å². The highest BCUT2D eigenvalue weighted by molar-refractivity contribution is 7.92. The number of carbonyl (C=O) groups is 2. The van der Waals surface area contributed by atoms with Gasteiger partial charge in [-0.05, 0) is 61.4 Å². The van der Waals surface area contributed by atoms with Gasteiger partial charge in [-0.1, -0.05) is 60.2 Å². The second-order valence-corrected chi connectivity index (χ2v) is 12.6. The van der Waals surface area contributed by atoms with Gasteiger partial charge < -0.3 is 24.4 Å². The fourth-order valence-electron chi connectivity index (χ4n) is 5.24. The van der Waals surface area contributed by atoms with Gasteiger partial charge in [0.15, 0.2) is 11.5 Å². The van der Waals surface area contributed by atoms with Crippen molar-refractivity contribution in [1.82, 2.24) is 10.2 Å². The zero-order valence-electron chi connectivity index (χ0n) is 27.3. The highest BCUT2D eigenvalue weighted by Gasteiger charge is 2.34. The molecule has 47 heavy (non-hydrogen) atoms. The first-order chi connectivity index (χ1) is 22.6. The lowest BCUT2D eigenvalue weighted by molar-refractivity contribution is -0.139. The average Bonchev–Trinajstić information content (AvgIpc) is 3.08. The summed E-state index contributed by atoms with van der Waals surface area (Å²) in [5.41, 5.74) is 2.88. The van der Waals surface area contributed by atoms with Crippen LogP contribution in [0.5, 0.6) is 17.2 Å². The molecule has 0 bridgehead atoms. The summed E-state index contributed by atoms with van der Waals surface area (Å²) in [4.78, 5) is 29.3. The summed E-state index contributed by atoms with van der Waals surface area (Å²) in [5.74, 6) is 0.192. The van der Waals surface area contributed by atoms with Crippen molar-refractivity contribution in [3.8, 4) is 17.2 Å². The lowest BCUT2D eigenvalue weighted by Crippen LogP contribution is -2.53. The first-order valence-electron chi connectivity index (χ1n) is 15.2. The summed E-state index contributed by atoms with van der Waals surface area (Å²) in [5, 5.41) is 2.70.